The second-order valence-electron chi connectivity index (χ2n) is 8.68. The van der Waals surface area contributed by atoms with E-state index in [9.17, 15) is 8.42 Å². The number of piperidine rings is 1. The van der Waals surface area contributed by atoms with Crippen molar-refractivity contribution in [2.75, 3.05) is 39.1 Å². The lowest BCUT2D eigenvalue weighted by Gasteiger charge is -2.47. The average Bonchev–Trinajstić information content (AvgIpc) is 3.05. The van der Waals surface area contributed by atoms with Crippen LogP contribution >= 0.6 is 0 Å². The van der Waals surface area contributed by atoms with E-state index in [0.29, 0.717) is 36.5 Å². The van der Waals surface area contributed by atoms with Crippen LogP contribution in [0.5, 0.6) is 0 Å². The summed E-state index contributed by atoms with van der Waals surface area (Å²) in [6.45, 7) is 6.76. The van der Waals surface area contributed by atoms with Gasteiger partial charge in [-0.15, -0.1) is 6.54 Å². The van der Waals surface area contributed by atoms with Gasteiger partial charge in [0.2, 0.25) is 0 Å². The van der Waals surface area contributed by atoms with Crippen molar-refractivity contribution in [3.05, 3.63) is 16.4 Å². The van der Waals surface area contributed by atoms with E-state index in [1.807, 2.05) is 6.08 Å². The van der Waals surface area contributed by atoms with Crippen molar-refractivity contribution in [2.24, 2.45) is 17.8 Å². The summed E-state index contributed by atoms with van der Waals surface area (Å²) in [6, 6.07) is 1.57. The first-order valence-corrected chi connectivity index (χ1v) is 12.0. The third kappa shape index (κ3) is 3.81. The Bertz CT molecular complexity index is 644. The van der Waals surface area contributed by atoms with Crippen molar-refractivity contribution < 1.29 is 13.2 Å². The number of fused-ring (bicyclic) bond motifs is 1. The van der Waals surface area contributed by atoms with E-state index in [1.165, 1.54) is 31.9 Å². The fourth-order valence-electron chi connectivity index (χ4n) is 5.33. The van der Waals surface area contributed by atoms with Gasteiger partial charge in [0.1, 0.15) is 0 Å². The van der Waals surface area contributed by atoms with Crippen molar-refractivity contribution in [3.63, 3.8) is 0 Å². The van der Waals surface area contributed by atoms with Crippen LogP contribution in [0.1, 0.15) is 32.6 Å². The van der Waals surface area contributed by atoms with E-state index >= 15 is 0 Å². The van der Waals surface area contributed by atoms with Crippen LogP contribution in [0.3, 0.4) is 0 Å². The second-order valence-corrected chi connectivity index (χ2v) is 10.6. The van der Waals surface area contributed by atoms with Crippen LogP contribution in [0.4, 0.5) is 0 Å². The molecule has 0 aromatic heterocycles. The maximum Gasteiger partial charge on any atom is 0.154 e. The monoisotopic (exact) mass is 382 g/mol. The number of hydrogen-bond donors (Lipinski definition) is 1. The first-order chi connectivity index (χ1) is 12.4. The molecule has 3 saturated heterocycles. The lowest BCUT2D eigenvalue weighted by Crippen LogP contribution is -2.52. The molecule has 4 heterocycles. The van der Waals surface area contributed by atoms with Crippen molar-refractivity contribution in [1.29, 1.82) is 0 Å². The largest absolute Gasteiger partial charge is 0.674 e. The third-order valence-corrected chi connectivity index (χ3v) is 7.84. The summed E-state index contributed by atoms with van der Waals surface area (Å²) in [7, 11) is -3.19. The summed E-state index contributed by atoms with van der Waals surface area (Å²) >= 11 is 0. The Labute approximate surface area is 157 Å². The van der Waals surface area contributed by atoms with Crippen LogP contribution in [0, 0.1) is 17.8 Å². The van der Waals surface area contributed by atoms with E-state index in [-0.39, 0.29) is 10.9 Å². The SMILES string of the molecule is CC1C=C(S(C)(=O)=O)[N-]CC1N1CCC2NC(C3CCCOC3)CC2C1. The van der Waals surface area contributed by atoms with Gasteiger partial charge in [0, 0.05) is 31.5 Å². The topological polar surface area (TPSA) is 72.7 Å². The molecule has 7 heteroatoms. The number of sulfone groups is 1. The smallest absolute Gasteiger partial charge is 0.154 e. The fourth-order valence-corrected chi connectivity index (χ4v) is 6.10. The Balaban J connectivity index is 1.37. The maximum atomic E-state index is 11.8. The Morgan fingerprint density at radius 2 is 2.12 bits per heavy atom. The van der Waals surface area contributed by atoms with Gasteiger partial charge in [0.25, 0.3) is 0 Å². The normalized spacial score (nSPS) is 42.0. The first-order valence-electron chi connectivity index (χ1n) is 10.1. The zero-order chi connectivity index (χ0) is 18.3. The molecule has 0 bridgehead atoms. The van der Waals surface area contributed by atoms with Gasteiger partial charge in [-0.2, -0.15) is 0 Å². The summed E-state index contributed by atoms with van der Waals surface area (Å²) < 4.78 is 29.2. The van der Waals surface area contributed by atoms with Crippen LogP contribution in [0.15, 0.2) is 11.1 Å². The molecule has 6 unspecified atom stereocenters. The molecule has 3 fully saturated rings. The molecule has 0 aromatic rings. The Hall–Kier alpha value is -0.630. The molecule has 6 atom stereocenters. The number of nitrogens with one attached hydrogen (secondary N) is 1. The van der Waals surface area contributed by atoms with Crippen molar-refractivity contribution in [2.45, 2.75) is 50.7 Å². The number of likely N-dealkylation sites (tertiary alicyclic amines) is 1. The molecular weight excluding hydrogens is 350 g/mol. The molecule has 148 valence electrons. The quantitative estimate of drug-likeness (QED) is 0.805. The van der Waals surface area contributed by atoms with Gasteiger partial charge in [-0.05, 0) is 61.1 Å². The maximum absolute atomic E-state index is 11.8. The predicted molar refractivity (Wildman–Crippen MR) is 103 cm³/mol. The minimum Gasteiger partial charge on any atom is -0.674 e. The molecule has 4 rings (SSSR count). The number of ether oxygens (including phenoxy) is 1. The minimum absolute atomic E-state index is 0.227. The summed E-state index contributed by atoms with van der Waals surface area (Å²) in [5, 5.41) is 8.56. The van der Waals surface area contributed by atoms with E-state index < -0.39 is 9.84 Å². The Morgan fingerprint density at radius 3 is 2.81 bits per heavy atom. The van der Waals surface area contributed by atoms with Gasteiger partial charge in [-0.3, -0.25) is 0 Å². The molecule has 4 aliphatic heterocycles. The third-order valence-electron chi connectivity index (χ3n) is 6.81. The lowest BCUT2D eigenvalue weighted by molar-refractivity contribution is 0.0412. The summed E-state index contributed by atoms with van der Waals surface area (Å²) in [5.41, 5.74) is 0. The van der Waals surface area contributed by atoms with Gasteiger partial charge in [-0.1, -0.05) is 13.0 Å². The number of rotatable bonds is 3. The zero-order valence-electron chi connectivity index (χ0n) is 15.9. The number of nitrogens with zero attached hydrogens (tertiary/aromatic N) is 2. The molecular formula is C19H32N3O3S-. The highest BCUT2D eigenvalue weighted by atomic mass is 32.2. The number of hydrogen-bond acceptors (Lipinski definition) is 5. The fraction of sp³-hybridized carbons (Fsp3) is 0.895. The van der Waals surface area contributed by atoms with Crippen molar-refractivity contribution in [3.8, 4) is 0 Å². The molecule has 0 spiro atoms. The molecule has 0 radical (unpaired) electrons. The molecule has 26 heavy (non-hydrogen) atoms. The predicted octanol–water partition coefficient (Wildman–Crippen LogP) is 1.74. The second kappa shape index (κ2) is 7.41. The van der Waals surface area contributed by atoms with Crippen molar-refractivity contribution in [1.82, 2.24) is 10.2 Å². The molecule has 1 N–H and O–H groups in total. The van der Waals surface area contributed by atoms with Gasteiger partial charge in [0.05, 0.1) is 6.61 Å². The Morgan fingerprint density at radius 1 is 1.27 bits per heavy atom. The molecule has 6 nitrogen and oxygen atoms in total. The summed E-state index contributed by atoms with van der Waals surface area (Å²) in [4.78, 5) is 2.56. The first kappa shape index (κ1) is 18.7. The van der Waals surface area contributed by atoms with Gasteiger partial charge >= 0.3 is 0 Å². The van der Waals surface area contributed by atoms with E-state index in [4.69, 9.17) is 4.74 Å². The highest BCUT2D eigenvalue weighted by Crippen LogP contribution is 2.36. The van der Waals surface area contributed by atoms with Gasteiger partial charge < -0.3 is 20.3 Å². The highest BCUT2D eigenvalue weighted by molar-refractivity contribution is 7.94. The summed E-state index contributed by atoms with van der Waals surface area (Å²) in [6.07, 6.45) is 8.02. The minimum atomic E-state index is -3.19. The van der Waals surface area contributed by atoms with E-state index in [0.717, 1.165) is 26.3 Å². The molecule has 0 aliphatic carbocycles. The van der Waals surface area contributed by atoms with Crippen LogP contribution in [-0.2, 0) is 14.6 Å². The lowest BCUT2D eigenvalue weighted by atomic mass is 9.86. The molecule has 4 aliphatic rings. The van der Waals surface area contributed by atoms with E-state index in [1.54, 1.807) is 0 Å². The summed E-state index contributed by atoms with van der Waals surface area (Å²) in [5.74, 6) is 1.60. The van der Waals surface area contributed by atoms with Crippen LogP contribution < -0.4 is 5.32 Å². The molecule has 0 aromatic carbocycles. The van der Waals surface area contributed by atoms with Gasteiger partial charge in [0.15, 0.2) is 9.84 Å². The Kier molecular flexibility index (Phi) is 5.34. The zero-order valence-corrected chi connectivity index (χ0v) is 16.7. The average molecular weight is 383 g/mol. The van der Waals surface area contributed by atoms with Crippen LogP contribution in [0.2, 0.25) is 0 Å². The molecule has 0 amide bonds. The van der Waals surface area contributed by atoms with E-state index in [2.05, 4.69) is 22.5 Å². The van der Waals surface area contributed by atoms with Gasteiger partial charge in [-0.25, -0.2) is 8.42 Å². The standard InChI is InChI=1S/C19H32N3O3S/c1-13-8-19(26(2,23)24)20-10-18(13)22-6-5-16-15(11-22)9-17(21-16)14-4-3-7-25-12-14/h8,13-18,21H,3-7,9-12H2,1-2H3/q-1. The highest BCUT2D eigenvalue weighted by Gasteiger charge is 2.42. The van der Waals surface area contributed by atoms with Crippen LogP contribution in [-0.4, -0.2) is 70.5 Å². The van der Waals surface area contributed by atoms with Crippen LogP contribution in [0.25, 0.3) is 5.32 Å². The molecule has 0 saturated carbocycles. The van der Waals surface area contributed by atoms with Crippen molar-refractivity contribution >= 4 is 9.84 Å².